The monoisotopic (exact) mass is 834 g/mol. The van der Waals surface area contributed by atoms with Crippen LogP contribution in [0, 0.1) is 11.8 Å². The van der Waals surface area contributed by atoms with E-state index in [0.717, 1.165) is 108 Å². The number of hydrogen-bond acceptors (Lipinski definition) is 10. The summed E-state index contributed by atoms with van der Waals surface area (Å²) in [5.74, 6) is -3.36. The maximum absolute atomic E-state index is 13.5. The van der Waals surface area contributed by atoms with Crippen molar-refractivity contribution >= 4 is 35.1 Å². The highest BCUT2D eigenvalue weighted by Gasteiger charge is 2.43. The van der Waals surface area contributed by atoms with E-state index in [2.05, 4.69) is 13.2 Å². The second-order valence-electron chi connectivity index (χ2n) is 16.5. The third-order valence-corrected chi connectivity index (χ3v) is 11.8. The highest BCUT2D eigenvalue weighted by Crippen LogP contribution is 2.36. The molecule has 0 bridgehead atoms. The summed E-state index contributed by atoms with van der Waals surface area (Å²) >= 11 is 0. The molecule has 6 N–H and O–H groups in total. The van der Waals surface area contributed by atoms with Crippen LogP contribution in [0.4, 0.5) is 11.4 Å². The second kappa shape index (κ2) is 24.4. The lowest BCUT2D eigenvalue weighted by Crippen LogP contribution is -2.44. The van der Waals surface area contributed by atoms with Crippen LogP contribution in [0.15, 0.2) is 104 Å². The Kier molecular flexibility index (Phi) is 18.9. The maximum Gasteiger partial charge on any atom is 0.235 e. The van der Waals surface area contributed by atoms with E-state index in [1.54, 1.807) is 24.3 Å². The Morgan fingerprint density at radius 3 is 1.62 bits per heavy atom. The number of aliphatic hydroxyl groups is 2. The van der Waals surface area contributed by atoms with Crippen molar-refractivity contribution in [3.8, 4) is 11.5 Å². The lowest BCUT2D eigenvalue weighted by atomic mass is 9.82. The molecule has 2 aliphatic carbocycles. The minimum atomic E-state index is -2.96. The number of rotatable bonds is 25. The van der Waals surface area contributed by atoms with Crippen molar-refractivity contribution in [1.82, 2.24) is 0 Å². The fourth-order valence-electron chi connectivity index (χ4n) is 7.97. The Labute approximate surface area is 362 Å². The largest absolute Gasteiger partial charge is 0.493 e. The van der Waals surface area contributed by atoms with Gasteiger partial charge in [0, 0.05) is 31.0 Å². The molecule has 2 saturated carbocycles. The number of hydrogen-bond donors (Lipinski definition) is 4. The van der Waals surface area contributed by atoms with Crippen molar-refractivity contribution in [3.05, 3.63) is 121 Å². The van der Waals surface area contributed by atoms with Crippen molar-refractivity contribution in [2.75, 3.05) is 37.9 Å². The summed E-state index contributed by atoms with van der Waals surface area (Å²) in [4.78, 5) is 26.8. The van der Waals surface area contributed by atoms with Crippen LogP contribution in [0.5, 0.6) is 11.5 Å². The zero-order chi connectivity index (χ0) is 43.5. The van der Waals surface area contributed by atoms with E-state index < -0.39 is 29.7 Å². The average molecular weight is 835 g/mol. The van der Waals surface area contributed by atoms with Crippen LogP contribution < -0.4 is 20.9 Å². The number of allylic oxidation sites excluding steroid dienone is 3. The number of unbranched alkanes of at least 4 members (excludes halogenated alkanes) is 2. The zero-order valence-electron chi connectivity index (χ0n) is 35.6. The summed E-state index contributed by atoms with van der Waals surface area (Å²) in [6.07, 6.45) is 22.1. The SMILES string of the molecule is C=CCCCOC1CCC(COc2ccc(/C=C/C(=O)CC(c3ccc(N)cc3N)C(O)(O)C(=O)/C=C/c3ccc(OCC4CCC(OCCCC=C)CC4)cc3)cc2)CC1. The van der Waals surface area contributed by atoms with Gasteiger partial charge in [-0.15, -0.1) is 13.2 Å². The first-order valence-corrected chi connectivity index (χ1v) is 22.0. The summed E-state index contributed by atoms with van der Waals surface area (Å²) in [6, 6.07) is 19.2. The summed E-state index contributed by atoms with van der Waals surface area (Å²) in [6.45, 7) is 10.3. The van der Waals surface area contributed by atoms with E-state index in [1.807, 2.05) is 48.6 Å². The highest BCUT2D eigenvalue weighted by molar-refractivity contribution is 6.01. The van der Waals surface area contributed by atoms with Gasteiger partial charge >= 0.3 is 0 Å². The van der Waals surface area contributed by atoms with E-state index >= 15 is 0 Å². The molecule has 10 nitrogen and oxygen atoms in total. The molecule has 2 fully saturated rings. The Morgan fingerprint density at radius 1 is 0.689 bits per heavy atom. The van der Waals surface area contributed by atoms with E-state index in [1.165, 1.54) is 24.3 Å². The van der Waals surface area contributed by atoms with E-state index in [0.29, 0.717) is 54.3 Å². The average Bonchev–Trinajstić information content (AvgIpc) is 3.27. The van der Waals surface area contributed by atoms with Gasteiger partial charge in [0.15, 0.2) is 5.78 Å². The number of carbonyl (C=O) groups is 2. The smallest absolute Gasteiger partial charge is 0.235 e. The first-order chi connectivity index (χ1) is 29.5. The molecule has 0 radical (unpaired) electrons. The first-order valence-electron chi connectivity index (χ1n) is 22.0. The van der Waals surface area contributed by atoms with Crippen LogP contribution in [-0.4, -0.2) is 66.2 Å². The van der Waals surface area contributed by atoms with E-state index in [4.69, 9.17) is 30.4 Å². The molecule has 2 aliphatic rings. The van der Waals surface area contributed by atoms with Crippen LogP contribution in [-0.2, 0) is 19.1 Å². The summed E-state index contributed by atoms with van der Waals surface area (Å²) in [5.41, 5.74) is 14.3. The molecule has 1 atom stereocenters. The molecule has 1 unspecified atom stereocenters. The quantitative estimate of drug-likeness (QED) is 0.0213. The molecule has 3 aromatic carbocycles. The van der Waals surface area contributed by atoms with Gasteiger partial charge in [-0.3, -0.25) is 9.59 Å². The van der Waals surface area contributed by atoms with Gasteiger partial charge in [0.2, 0.25) is 11.6 Å². The molecule has 328 valence electrons. The number of carbonyl (C=O) groups excluding carboxylic acids is 2. The number of nitrogen functional groups attached to an aromatic ring is 2. The topological polar surface area (TPSA) is 164 Å². The summed E-state index contributed by atoms with van der Waals surface area (Å²) in [5, 5.41) is 22.8. The Bertz CT molecular complexity index is 1890. The number of ketones is 2. The molecular formula is C51H66N2O8. The molecule has 0 saturated heterocycles. The highest BCUT2D eigenvalue weighted by atomic mass is 16.5. The van der Waals surface area contributed by atoms with Crippen molar-refractivity contribution in [3.63, 3.8) is 0 Å². The number of ether oxygens (including phenoxy) is 4. The van der Waals surface area contributed by atoms with Gasteiger partial charge in [-0.2, -0.15) is 0 Å². The minimum absolute atomic E-state index is 0.137. The Morgan fingerprint density at radius 2 is 1.16 bits per heavy atom. The van der Waals surface area contributed by atoms with Crippen LogP contribution >= 0.6 is 0 Å². The molecule has 0 aromatic heterocycles. The zero-order valence-corrected chi connectivity index (χ0v) is 35.6. The normalized spacial score (nSPS) is 20.0. The first kappa shape index (κ1) is 47.1. The lowest BCUT2D eigenvalue weighted by molar-refractivity contribution is -0.187. The van der Waals surface area contributed by atoms with Gasteiger partial charge < -0.3 is 40.6 Å². The van der Waals surface area contributed by atoms with Gasteiger partial charge in [0.25, 0.3) is 0 Å². The molecular weight excluding hydrogens is 769 g/mol. The Balaban J connectivity index is 1.11. The van der Waals surface area contributed by atoms with Crippen molar-refractivity contribution in [2.24, 2.45) is 11.8 Å². The lowest BCUT2D eigenvalue weighted by Gasteiger charge is -2.30. The Hall–Kier alpha value is -5.00. The van der Waals surface area contributed by atoms with Crippen LogP contribution in [0.2, 0.25) is 0 Å². The summed E-state index contributed by atoms with van der Waals surface area (Å²) in [7, 11) is 0. The third kappa shape index (κ3) is 15.4. The van der Waals surface area contributed by atoms with E-state index in [-0.39, 0.29) is 11.3 Å². The molecule has 5 rings (SSSR count). The fourth-order valence-corrected chi connectivity index (χ4v) is 7.97. The molecule has 3 aromatic rings. The molecule has 0 spiro atoms. The van der Waals surface area contributed by atoms with Crippen molar-refractivity contribution in [1.29, 1.82) is 0 Å². The van der Waals surface area contributed by atoms with Gasteiger partial charge in [0.05, 0.1) is 31.3 Å². The second-order valence-corrected chi connectivity index (χ2v) is 16.5. The standard InChI is InChI=1S/C51H66N2O8/c1-3-5-7-31-58-43-25-14-39(15-26-43)35-60-45-21-10-37(11-22-45)9-20-42(54)34-48(47-29-19-41(52)33-49(47)53)51(56,57)50(55)30-18-38-12-23-46(24-13-38)61-36-40-16-27-44(28-17-40)59-32-8-6-4-2/h3-4,9-13,18-24,29-30,33,39-40,43-44,48,56-57H,1-2,5-8,14-17,25-28,31-32,34-36,52-53H2/b20-9+,30-18+. The van der Waals surface area contributed by atoms with Crippen molar-refractivity contribution < 1.29 is 38.7 Å². The maximum atomic E-state index is 13.5. The molecule has 0 heterocycles. The summed E-state index contributed by atoms with van der Waals surface area (Å²) < 4.78 is 24.2. The number of benzene rings is 3. The predicted molar refractivity (Wildman–Crippen MR) is 244 cm³/mol. The molecule has 61 heavy (non-hydrogen) atoms. The number of nitrogens with two attached hydrogens (primary N) is 2. The number of anilines is 2. The van der Waals surface area contributed by atoms with Gasteiger partial charge in [-0.05, 0) is 154 Å². The van der Waals surface area contributed by atoms with Crippen LogP contribution in [0.1, 0.15) is 106 Å². The van der Waals surface area contributed by atoms with Crippen LogP contribution in [0.25, 0.3) is 12.2 Å². The minimum Gasteiger partial charge on any atom is -0.493 e. The van der Waals surface area contributed by atoms with E-state index in [9.17, 15) is 19.8 Å². The van der Waals surface area contributed by atoms with Gasteiger partial charge in [0.1, 0.15) is 11.5 Å². The van der Waals surface area contributed by atoms with Crippen molar-refractivity contribution in [2.45, 2.75) is 107 Å². The fraction of sp³-hybridized carbons (Fsp3) is 0.451. The molecule has 0 aliphatic heterocycles. The van der Waals surface area contributed by atoms with Crippen LogP contribution in [0.3, 0.4) is 0 Å². The predicted octanol–water partition coefficient (Wildman–Crippen LogP) is 9.41. The van der Waals surface area contributed by atoms with Gasteiger partial charge in [-0.25, -0.2) is 0 Å². The van der Waals surface area contributed by atoms with Gasteiger partial charge in [-0.1, -0.05) is 54.6 Å². The third-order valence-electron chi connectivity index (χ3n) is 11.8. The molecule has 10 heteroatoms. The molecule has 0 amide bonds.